The van der Waals surface area contributed by atoms with E-state index in [2.05, 4.69) is 9.97 Å². The molecule has 0 aliphatic carbocycles. The second-order valence-electron chi connectivity index (χ2n) is 8.82. The Bertz CT molecular complexity index is 1500. The molecule has 0 atom stereocenters. The molecule has 1 aliphatic rings. The molecule has 0 fully saturated rings. The number of aryl methyl sites for hydroxylation is 1. The maximum atomic E-state index is 12.3. The van der Waals surface area contributed by atoms with Crippen LogP contribution in [0, 0.1) is 0 Å². The lowest BCUT2D eigenvalue weighted by atomic mass is 10.1. The highest BCUT2D eigenvalue weighted by Crippen LogP contribution is 2.28. The Morgan fingerprint density at radius 2 is 2.03 bits per heavy atom. The lowest BCUT2D eigenvalue weighted by molar-refractivity contribution is -0.137. The maximum Gasteiger partial charge on any atom is 0.413 e. The highest BCUT2D eigenvalue weighted by Gasteiger charge is 2.23. The molecule has 9 nitrogen and oxygen atoms in total. The first kappa shape index (κ1) is 25.0. The van der Waals surface area contributed by atoms with Gasteiger partial charge in [0.15, 0.2) is 0 Å². The molecule has 0 radical (unpaired) electrons. The third-order valence-electron chi connectivity index (χ3n) is 6.34. The second-order valence-corrected chi connectivity index (χ2v) is 8.82. The van der Waals surface area contributed by atoms with E-state index in [0.717, 1.165) is 35.0 Å². The van der Waals surface area contributed by atoms with Crippen LogP contribution in [-0.2, 0) is 22.4 Å². The molecule has 4 aromatic rings. The van der Waals surface area contributed by atoms with Crippen molar-refractivity contribution in [3.63, 3.8) is 0 Å². The number of anilines is 1. The topological polar surface area (TPSA) is 107 Å². The minimum Gasteiger partial charge on any atom is -0.493 e. The predicted molar refractivity (Wildman–Crippen MR) is 143 cm³/mol. The van der Waals surface area contributed by atoms with Crippen molar-refractivity contribution < 1.29 is 24.2 Å². The van der Waals surface area contributed by atoms with Gasteiger partial charge < -0.3 is 19.1 Å². The molecule has 38 heavy (non-hydrogen) atoms. The quantitative estimate of drug-likeness (QED) is 0.263. The number of benzene rings is 1. The lowest BCUT2D eigenvalue weighted by Crippen LogP contribution is -2.35. The molecule has 9 heteroatoms. The summed E-state index contributed by atoms with van der Waals surface area (Å²) in [4.78, 5) is 34.2. The summed E-state index contributed by atoms with van der Waals surface area (Å²) in [5.41, 5.74) is 3.90. The van der Waals surface area contributed by atoms with Crippen molar-refractivity contribution in [2.24, 2.45) is 0 Å². The number of carbonyl (C=O) groups excluding carboxylic acids is 1. The van der Waals surface area contributed by atoms with E-state index in [-0.39, 0.29) is 6.61 Å². The van der Waals surface area contributed by atoms with Crippen LogP contribution in [-0.4, -0.2) is 51.5 Å². The van der Waals surface area contributed by atoms with Gasteiger partial charge in [-0.25, -0.2) is 14.6 Å². The van der Waals surface area contributed by atoms with Crippen molar-refractivity contribution in [1.82, 2.24) is 14.5 Å². The van der Waals surface area contributed by atoms with Crippen molar-refractivity contribution >= 4 is 34.5 Å². The van der Waals surface area contributed by atoms with Gasteiger partial charge in [-0.1, -0.05) is 12.1 Å². The number of carbonyl (C=O) groups is 2. The SMILES string of the molecule is CCOC(=O)C=C(c1ccccn1)n1ccc2cc(OCCc3ccc4c(n3)N(C(=O)O)CCC4)ccc21. The lowest BCUT2D eigenvalue weighted by Gasteiger charge is -2.26. The van der Waals surface area contributed by atoms with Gasteiger partial charge in [-0.3, -0.25) is 9.88 Å². The summed E-state index contributed by atoms with van der Waals surface area (Å²) in [6.45, 7) is 2.92. The fraction of sp³-hybridized carbons (Fsp3) is 0.241. The summed E-state index contributed by atoms with van der Waals surface area (Å²) in [7, 11) is 0. The molecule has 0 saturated heterocycles. The highest BCUT2D eigenvalue weighted by atomic mass is 16.5. The molecule has 194 valence electrons. The molecule has 0 bridgehead atoms. The van der Waals surface area contributed by atoms with Gasteiger partial charge in [0.2, 0.25) is 0 Å². The Balaban J connectivity index is 1.32. The van der Waals surface area contributed by atoms with Crippen LogP contribution in [0.1, 0.15) is 30.3 Å². The van der Waals surface area contributed by atoms with Gasteiger partial charge in [0.1, 0.15) is 11.6 Å². The second kappa shape index (κ2) is 11.2. The molecule has 1 N–H and O–H groups in total. The summed E-state index contributed by atoms with van der Waals surface area (Å²) in [6, 6.07) is 17.2. The van der Waals surface area contributed by atoms with Crippen LogP contribution < -0.4 is 9.64 Å². The number of carboxylic acid groups (broad SMARTS) is 1. The molecule has 0 spiro atoms. The standard InChI is InChI=1S/C29H28N4O5/c1-2-37-27(34)19-26(24-7-3-4-14-30-24)32-16-12-21-18-23(10-11-25(21)32)38-17-13-22-9-8-20-6-5-15-33(29(35)36)28(20)31-22/h3-4,7-12,14,16,18-19H,2,5-6,13,15,17H2,1H3,(H,35,36). The van der Waals surface area contributed by atoms with Gasteiger partial charge in [0.05, 0.1) is 30.1 Å². The monoisotopic (exact) mass is 512 g/mol. The van der Waals surface area contributed by atoms with E-state index >= 15 is 0 Å². The number of ether oxygens (including phenoxy) is 2. The summed E-state index contributed by atoms with van der Waals surface area (Å²) in [5, 5.41) is 10.4. The fourth-order valence-corrected chi connectivity index (χ4v) is 4.57. The zero-order valence-corrected chi connectivity index (χ0v) is 21.0. The van der Waals surface area contributed by atoms with Crippen LogP contribution in [0.15, 0.2) is 73.1 Å². The summed E-state index contributed by atoms with van der Waals surface area (Å²) < 4.78 is 13.1. The maximum absolute atomic E-state index is 12.3. The number of nitrogens with zero attached hydrogens (tertiary/aromatic N) is 4. The third-order valence-corrected chi connectivity index (χ3v) is 6.34. The fourth-order valence-electron chi connectivity index (χ4n) is 4.57. The largest absolute Gasteiger partial charge is 0.493 e. The predicted octanol–water partition coefficient (Wildman–Crippen LogP) is 4.94. The zero-order chi connectivity index (χ0) is 26.5. The summed E-state index contributed by atoms with van der Waals surface area (Å²) in [5.74, 6) is 0.801. The van der Waals surface area contributed by atoms with Crippen molar-refractivity contribution in [2.45, 2.75) is 26.2 Å². The number of hydrogen-bond acceptors (Lipinski definition) is 6. The molecule has 0 saturated carbocycles. The van der Waals surface area contributed by atoms with Gasteiger partial charge in [-0.15, -0.1) is 0 Å². The van der Waals surface area contributed by atoms with Crippen molar-refractivity contribution in [3.05, 3.63) is 90.0 Å². The van der Waals surface area contributed by atoms with Crippen molar-refractivity contribution in [3.8, 4) is 5.75 Å². The average molecular weight is 513 g/mol. The van der Waals surface area contributed by atoms with Gasteiger partial charge >= 0.3 is 12.1 Å². The number of fused-ring (bicyclic) bond motifs is 2. The number of amides is 1. The number of esters is 1. The van der Waals surface area contributed by atoms with Gasteiger partial charge in [-0.05, 0) is 67.8 Å². The molecule has 5 rings (SSSR count). The van der Waals surface area contributed by atoms with Crippen LogP contribution in [0.3, 0.4) is 0 Å². The van der Waals surface area contributed by atoms with E-state index in [1.54, 1.807) is 13.1 Å². The smallest absolute Gasteiger partial charge is 0.413 e. The van der Waals surface area contributed by atoms with Crippen LogP contribution in [0.5, 0.6) is 5.75 Å². The molecular formula is C29H28N4O5. The molecule has 4 heterocycles. The minimum absolute atomic E-state index is 0.288. The van der Waals surface area contributed by atoms with Gasteiger partial charge in [0.25, 0.3) is 0 Å². The van der Waals surface area contributed by atoms with Crippen LogP contribution in [0.2, 0.25) is 0 Å². The van der Waals surface area contributed by atoms with Crippen LogP contribution >= 0.6 is 0 Å². The Hall–Kier alpha value is -4.66. The van der Waals surface area contributed by atoms with E-state index in [0.29, 0.717) is 42.5 Å². The highest BCUT2D eigenvalue weighted by molar-refractivity contribution is 5.94. The van der Waals surface area contributed by atoms with Gasteiger partial charge in [0, 0.05) is 42.5 Å². The van der Waals surface area contributed by atoms with E-state index in [4.69, 9.17) is 9.47 Å². The molecule has 1 aromatic carbocycles. The molecule has 1 amide bonds. The number of aromatic nitrogens is 3. The first-order valence-corrected chi connectivity index (χ1v) is 12.6. The molecule has 1 aliphatic heterocycles. The van der Waals surface area contributed by atoms with Gasteiger partial charge in [-0.2, -0.15) is 0 Å². The minimum atomic E-state index is -0.976. The number of rotatable bonds is 8. The van der Waals surface area contributed by atoms with Crippen molar-refractivity contribution in [1.29, 1.82) is 0 Å². The first-order chi connectivity index (χ1) is 18.5. The Morgan fingerprint density at radius 1 is 1.13 bits per heavy atom. The Kier molecular flexibility index (Phi) is 7.35. The summed E-state index contributed by atoms with van der Waals surface area (Å²) in [6.07, 6.45) is 6.23. The summed E-state index contributed by atoms with van der Waals surface area (Å²) >= 11 is 0. The van der Waals surface area contributed by atoms with E-state index in [1.165, 1.54) is 11.0 Å². The van der Waals surface area contributed by atoms with E-state index < -0.39 is 12.1 Å². The van der Waals surface area contributed by atoms with E-state index in [1.807, 2.05) is 65.4 Å². The number of hydrogen-bond donors (Lipinski definition) is 1. The van der Waals surface area contributed by atoms with Crippen LogP contribution in [0.4, 0.5) is 10.6 Å². The van der Waals surface area contributed by atoms with Crippen molar-refractivity contribution in [2.75, 3.05) is 24.7 Å². The Morgan fingerprint density at radius 3 is 2.82 bits per heavy atom. The normalized spacial score (nSPS) is 13.3. The van der Waals surface area contributed by atoms with E-state index in [9.17, 15) is 14.7 Å². The average Bonchev–Trinajstić information content (AvgIpc) is 3.35. The first-order valence-electron chi connectivity index (χ1n) is 12.6. The molecular weight excluding hydrogens is 484 g/mol. The molecule has 3 aromatic heterocycles. The molecule has 0 unspecified atom stereocenters. The van der Waals surface area contributed by atoms with Crippen LogP contribution in [0.25, 0.3) is 16.6 Å². The zero-order valence-electron chi connectivity index (χ0n) is 21.0. The number of pyridine rings is 2. The third kappa shape index (κ3) is 5.36. The Labute approximate surface area is 220 Å².